The number of rotatable bonds is 3. The van der Waals surface area contributed by atoms with Crippen LogP contribution in [0.4, 0.5) is 0 Å². The van der Waals surface area contributed by atoms with Gasteiger partial charge in [0.25, 0.3) is 0 Å². The van der Waals surface area contributed by atoms with E-state index in [0.29, 0.717) is 6.61 Å². The number of hydrogen-bond donors (Lipinski definition) is 1. The Hall–Kier alpha value is -1.10. The Morgan fingerprint density at radius 1 is 1.79 bits per heavy atom. The van der Waals surface area contributed by atoms with Crippen molar-refractivity contribution in [3.05, 3.63) is 0 Å². The van der Waals surface area contributed by atoms with E-state index in [-0.39, 0.29) is 31.0 Å². The van der Waals surface area contributed by atoms with Crippen molar-refractivity contribution in [2.24, 2.45) is 0 Å². The first-order chi connectivity index (χ1) is 6.52. The Morgan fingerprint density at radius 3 is 2.93 bits per heavy atom. The van der Waals surface area contributed by atoms with Crippen LogP contribution in [0.15, 0.2) is 0 Å². The predicted molar refractivity (Wildman–Crippen MR) is 48.8 cm³/mol. The molecule has 0 bridgehead atoms. The van der Waals surface area contributed by atoms with Crippen LogP contribution in [0.5, 0.6) is 0 Å². The zero-order valence-corrected chi connectivity index (χ0v) is 8.40. The topological polar surface area (TPSA) is 66.8 Å². The van der Waals surface area contributed by atoms with Crippen LogP contribution in [0.3, 0.4) is 0 Å². The molecule has 2 unspecified atom stereocenters. The molecule has 0 aromatic rings. The van der Waals surface area contributed by atoms with E-state index in [1.807, 2.05) is 6.92 Å². The number of morpholine rings is 1. The fraction of sp³-hybridized carbons (Fsp3) is 0.778. The van der Waals surface area contributed by atoms with Crippen LogP contribution in [0.25, 0.3) is 0 Å². The van der Waals surface area contributed by atoms with Crippen LogP contribution in [-0.2, 0) is 14.3 Å². The average Bonchev–Trinajstić information content (AvgIpc) is 2.01. The van der Waals surface area contributed by atoms with E-state index in [2.05, 4.69) is 0 Å². The third kappa shape index (κ3) is 2.45. The molecule has 1 aliphatic rings. The molecular weight excluding hydrogens is 186 g/mol. The van der Waals surface area contributed by atoms with Crippen molar-refractivity contribution in [1.82, 2.24) is 4.90 Å². The highest BCUT2D eigenvalue weighted by Gasteiger charge is 2.30. The minimum Gasteiger partial charge on any atom is -0.481 e. The van der Waals surface area contributed by atoms with E-state index in [1.165, 1.54) is 0 Å². The van der Waals surface area contributed by atoms with Crippen LogP contribution in [0.2, 0.25) is 0 Å². The van der Waals surface area contributed by atoms with Crippen LogP contribution in [-0.4, -0.2) is 47.2 Å². The molecule has 0 spiro atoms. The van der Waals surface area contributed by atoms with Gasteiger partial charge >= 0.3 is 5.97 Å². The number of ether oxygens (including phenoxy) is 1. The monoisotopic (exact) mass is 201 g/mol. The maximum atomic E-state index is 11.4. The largest absolute Gasteiger partial charge is 0.481 e. The fourth-order valence-electron chi connectivity index (χ4n) is 1.75. The molecule has 0 saturated carbocycles. The summed E-state index contributed by atoms with van der Waals surface area (Å²) in [4.78, 5) is 23.5. The second kappa shape index (κ2) is 4.41. The highest BCUT2D eigenvalue weighted by molar-refractivity contribution is 5.79. The minimum absolute atomic E-state index is 0.0178. The second-order valence-electron chi connectivity index (χ2n) is 3.61. The molecule has 5 nitrogen and oxygen atoms in total. The quantitative estimate of drug-likeness (QED) is 0.703. The molecule has 80 valence electrons. The number of carboxylic acids is 1. The standard InChI is InChI=1S/C9H15NO4/c1-6(3-9(12)13)10-7(2)4-14-5-8(10)11/h6-7H,3-5H2,1-2H3,(H,12,13). The Morgan fingerprint density at radius 2 is 2.43 bits per heavy atom. The van der Waals surface area contributed by atoms with E-state index >= 15 is 0 Å². The van der Waals surface area contributed by atoms with Crippen molar-refractivity contribution in [3.8, 4) is 0 Å². The van der Waals surface area contributed by atoms with Gasteiger partial charge in [-0.15, -0.1) is 0 Å². The predicted octanol–water partition coefficient (Wildman–Crippen LogP) is 0.0969. The summed E-state index contributed by atoms with van der Waals surface area (Å²) >= 11 is 0. The average molecular weight is 201 g/mol. The number of carbonyl (C=O) groups excluding carboxylic acids is 1. The van der Waals surface area contributed by atoms with Crippen molar-refractivity contribution in [2.75, 3.05) is 13.2 Å². The number of carbonyl (C=O) groups is 2. The molecule has 1 amide bonds. The molecule has 0 aromatic heterocycles. The molecule has 14 heavy (non-hydrogen) atoms. The van der Waals surface area contributed by atoms with Crippen molar-refractivity contribution in [3.63, 3.8) is 0 Å². The van der Waals surface area contributed by atoms with Crippen molar-refractivity contribution in [2.45, 2.75) is 32.4 Å². The maximum absolute atomic E-state index is 11.4. The van der Waals surface area contributed by atoms with E-state index in [4.69, 9.17) is 9.84 Å². The van der Waals surface area contributed by atoms with Gasteiger partial charge in [-0.05, 0) is 13.8 Å². The van der Waals surface area contributed by atoms with Crippen LogP contribution < -0.4 is 0 Å². The van der Waals surface area contributed by atoms with Crippen molar-refractivity contribution < 1.29 is 19.4 Å². The van der Waals surface area contributed by atoms with E-state index in [1.54, 1.807) is 11.8 Å². The first-order valence-corrected chi connectivity index (χ1v) is 4.63. The summed E-state index contributed by atoms with van der Waals surface area (Å²) in [6, 6.07) is -0.301. The molecule has 0 radical (unpaired) electrons. The minimum atomic E-state index is -0.885. The Bertz CT molecular complexity index is 241. The molecule has 1 saturated heterocycles. The number of carboxylic acid groups (broad SMARTS) is 1. The summed E-state index contributed by atoms with van der Waals surface area (Å²) in [7, 11) is 0. The van der Waals surface area contributed by atoms with Gasteiger partial charge in [-0.1, -0.05) is 0 Å². The molecule has 2 atom stereocenters. The van der Waals surface area contributed by atoms with E-state index in [0.717, 1.165) is 0 Å². The van der Waals surface area contributed by atoms with Gasteiger partial charge in [0.2, 0.25) is 5.91 Å². The lowest BCUT2D eigenvalue weighted by Gasteiger charge is -2.37. The first-order valence-electron chi connectivity index (χ1n) is 4.63. The zero-order chi connectivity index (χ0) is 10.7. The lowest BCUT2D eigenvalue weighted by molar-refractivity contribution is -0.152. The van der Waals surface area contributed by atoms with Crippen molar-refractivity contribution in [1.29, 1.82) is 0 Å². The third-order valence-electron chi connectivity index (χ3n) is 2.29. The highest BCUT2D eigenvalue weighted by Crippen LogP contribution is 2.14. The van der Waals surface area contributed by atoms with Crippen LogP contribution in [0.1, 0.15) is 20.3 Å². The molecule has 1 aliphatic heterocycles. The molecule has 1 fully saturated rings. The SMILES string of the molecule is CC1COCC(=O)N1C(C)CC(=O)O. The summed E-state index contributed by atoms with van der Waals surface area (Å²) < 4.78 is 5.04. The van der Waals surface area contributed by atoms with Gasteiger partial charge in [-0.2, -0.15) is 0 Å². The Labute approximate surface area is 82.6 Å². The summed E-state index contributed by atoms with van der Waals surface area (Å²) in [5.74, 6) is -1.01. The lowest BCUT2D eigenvalue weighted by Crippen LogP contribution is -2.52. The maximum Gasteiger partial charge on any atom is 0.305 e. The second-order valence-corrected chi connectivity index (χ2v) is 3.61. The number of nitrogens with zero attached hydrogens (tertiary/aromatic N) is 1. The molecule has 0 aliphatic carbocycles. The highest BCUT2D eigenvalue weighted by atomic mass is 16.5. The summed E-state index contributed by atoms with van der Waals surface area (Å²) in [6.45, 7) is 4.15. The molecule has 1 N–H and O–H groups in total. The van der Waals surface area contributed by atoms with Crippen molar-refractivity contribution >= 4 is 11.9 Å². The zero-order valence-electron chi connectivity index (χ0n) is 8.40. The molecule has 5 heteroatoms. The summed E-state index contributed by atoms with van der Waals surface area (Å²) in [5, 5.41) is 8.62. The number of aliphatic carboxylic acids is 1. The normalized spacial score (nSPS) is 24.9. The molecule has 1 rings (SSSR count). The number of hydrogen-bond acceptors (Lipinski definition) is 3. The van der Waals surface area contributed by atoms with Gasteiger partial charge in [0.15, 0.2) is 0 Å². The Balaban J connectivity index is 2.62. The molecular formula is C9H15NO4. The van der Waals surface area contributed by atoms with Gasteiger partial charge in [-0.3, -0.25) is 9.59 Å². The summed E-state index contributed by atoms with van der Waals surface area (Å²) in [6.07, 6.45) is -0.0178. The van der Waals surface area contributed by atoms with Gasteiger partial charge in [-0.25, -0.2) is 0 Å². The fourth-order valence-corrected chi connectivity index (χ4v) is 1.75. The van der Waals surface area contributed by atoms with Crippen LogP contribution in [0, 0.1) is 0 Å². The summed E-state index contributed by atoms with van der Waals surface area (Å²) in [5.41, 5.74) is 0. The van der Waals surface area contributed by atoms with E-state index < -0.39 is 5.97 Å². The molecule has 1 heterocycles. The molecule has 0 aromatic carbocycles. The van der Waals surface area contributed by atoms with Crippen LogP contribution >= 0.6 is 0 Å². The first kappa shape index (κ1) is 11.0. The Kier molecular flexibility index (Phi) is 3.46. The smallest absolute Gasteiger partial charge is 0.305 e. The third-order valence-corrected chi connectivity index (χ3v) is 2.29. The van der Waals surface area contributed by atoms with Gasteiger partial charge in [0, 0.05) is 6.04 Å². The lowest BCUT2D eigenvalue weighted by atomic mass is 10.1. The van der Waals surface area contributed by atoms with E-state index in [9.17, 15) is 9.59 Å². The van der Waals surface area contributed by atoms with Gasteiger partial charge in [0.1, 0.15) is 6.61 Å². The van der Waals surface area contributed by atoms with Gasteiger partial charge < -0.3 is 14.7 Å². The van der Waals surface area contributed by atoms with Gasteiger partial charge in [0.05, 0.1) is 19.1 Å². The number of amides is 1.